The van der Waals surface area contributed by atoms with Crippen molar-refractivity contribution in [1.29, 1.82) is 0 Å². The molecule has 1 amide bonds. The lowest BCUT2D eigenvalue weighted by Gasteiger charge is -2.22. The summed E-state index contributed by atoms with van der Waals surface area (Å²) in [4.78, 5) is 24.4. The monoisotopic (exact) mass is 526 g/mol. The Kier molecular flexibility index (Phi) is 7.86. The minimum atomic E-state index is -1.00. The summed E-state index contributed by atoms with van der Waals surface area (Å²) in [6.07, 6.45) is -0.925. The molecule has 1 aromatic heterocycles. The number of hydrogen-bond donors (Lipinski definition) is 2. The second kappa shape index (κ2) is 11.0. The molecule has 0 saturated heterocycles. The van der Waals surface area contributed by atoms with Gasteiger partial charge in [0.25, 0.3) is 5.91 Å². The van der Waals surface area contributed by atoms with Gasteiger partial charge in [0.2, 0.25) is 0 Å². The molecule has 0 saturated carbocycles. The number of nitrogens with one attached hydrogen (secondary N) is 1. The van der Waals surface area contributed by atoms with E-state index in [4.69, 9.17) is 9.84 Å². The van der Waals surface area contributed by atoms with Gasteiger partial charge in [0, 0.05) is 28.7 Å². The van der Waals surface area contributed by atoms with Gasteiger partial charge in [-0.15, -0.1) is 0 Å². The summed E-state index contributed by atoms with van der Waals surface area (Å²) in [6.45, 7) is 14.8. The Morgan fingerprint density at radius 3 is 2.38 bits per heavy atom. The quantitative estimate of drug-likeness (QED) is 0.260. The minimum absolute atomic E-state index is 0.0402. The highest BCUT2D eigenvalue weighted by Gasteiger charge is 2.19. The van der Waals surface area contributed by atoms with Gasteiger partial charge in [0.05, 0.1) is 6.04 Å². The number of carboxylic acids is 1. The largest absolute Gasteiger partial charge is 0.479 e. The van der Waals surface area contributed by atoms with Crippen molar-refractivity contribution in [2.45, 2.75) is 72.6 Å². The maximum absolute atomic E-state index is 13.2. The topological polar surface area (TPSA) is 80.6 Å². The highest BCUT2D eigenvalue weighted by atomic mass is 16.5. The fourth-order valence-corrected chi connectivity index (χ4v) is 4.79. The third kappa shape index (κ3) is 6.17. The summed E-state index contributed by atoms with van der Waals surface area (Å²) in [5, 5.41) is 13.4. The Morgan fingerprint density at radius 1 is 0.974 bits per heavy atom. The smallest absolute Gasteiger partial charge is 0.344 e. The summed E-state index contributed by atoms with van der Waals surface area (Å²) in [6, 6.07) is 21.6. The molecule has 0 bridgehead atoms. The van der Waals surface area contributed by atoms with Crippen molar-refractivity contribution in [3.8, 4) is 5.75 Å². The number of rotatable bonds is 8. The molecule has 1 unspecified atom stereocenters. The van der Waals surface area contributed by atoms with E-state index in [0.717, 1.165) is 33.3 Å². The summed E-state index contributed by atoms with van der Waals surface area (Å²) >= 11 is 0. The first-order valence-corrected chi connectivity index (χ1v) is 13.3. The van der Waals surface area contributed by atoms with Gasteiger partial charge in [0.1, 0.15) is 5.75 Å². The molecule has 2 atom stereocenters. The molecule has 6 heteroatoms. The lowest BCUT2D eigenvalue weighted by Crippen LogP contribution is -2.27. The summed E-state index contributed by atoms with van der Waals surface area (Å²) in [7, 11) is 0. The third-order valence-electron chi connectivity index (χ3n) is 7.40. The van der Waals surface area contributed by atoms with Crippen molar-refractivity contribution in [3.05, 3.63) is 100 Å². The van der Waals surface area contributed by atoms with E-state index in [1.165, 1.54) is 12.5 Å². The molecule has 39 heavy (non-hydrogen) atoms. The first-order valence-electron chi connectivity index (χ1n) is 13.3. The number of fused-ring (bicyclic) bond motifs is 1. The molecule has 0 radical (unpaired) electrons. The summed E-state index contributed by atoms with van der Waals surface area (Å²) in [5.41, 5.74) is 7.26. The lowest BCUT2D eigenvalue weighted by atomic mass is 9.85. The van der Waals surface area contributed by atoms with E-state index in [-0.39, 0.29) is 17.4 Å². The Bertz CT molecular complexity index is 1530. The predicted octanol–water partition coefficient (Wildman–Crippen LogP) is 6.95. The Balaban J connectivity index is 1.56. The Labute approximate surface area is 230 Å². The van der Waals surface area contributed by atoms with E-state index >= 15 is 0 Å². The maximum Gasteiger partial charge on any atom is 0.344 e. The van der Waals surface area contributed by atoms with Gasteiger partial charge >= 0.3 is 5.97 Å². The van der Waals surface area contributed by atoms with Crippen LogP contribution in [0.4, 0.5) is 0 Å². The third-order valence-corrected chi connectivity index (χ3v) is 7.40. The normalized spacial score (nSPS) is 13.2. The number of nitrogens with zero attached hydrogens (tertiary/aromatic N) is 1. The van der Waals surface area contributed by atoms with Gasteiger partial charge in [-0.3, -0.25) is 4.79 Å². The number of carboxylic acid groups (broad SMARTS) is 1. The van der Waals surface area contributed by atoms with E-state index in [9.17, 15) is 9.59 Å². The van der Waals surface area contributed by atoms with Crippen LogP contribution in [0, 0.1) is 13.8 Å². The van der Waals surface area contributed by atoms with Crippen LogP contribution in [-0.4, -0.2) is 27.7 Å². The van der Waals surface area contributed by atoms with Crippen molar-refractivity contribution in [1.82, 2.24) is 9.88 Å². The van der Waals surface area contributed by atoms with Crippen LogP contribution < -0.4 is 10.1 Å². The van der Waals surface area contributed by atoms with Gasteiger partial charge in [-0.25, -0.2) is 4.79 Å². The molecule has 6 nitrogen and oxygen atoms in total. The lowest BCUT2D eigenvalue weighted by molar-refractivity contribution is -0.144. The number of amides is 1. The molecular weight excluding hydrogens is 488 g/mol. The van der Waals surface area contributed by atoms with E-state index in [1.54, 1.807) is 6.07 Å². The highest BCUT2D eigenvalue weighted by molar-refractivity contribution is 5.99. The zero-order chi connectivity index (χ0) is 28.5. The number of aliphatic carboxylic acids is 1. The number of benzene rings is 3. The van der Waals surface area contributed by atoms with Crippen molar-refractivity contribution in [2.75, 3.05) is 0 Å². The molecular formula is C33H38N2O4. The number of carbonyl (C=O) groups is 2. The molecule has 0 fully saturated rings. The second-order valence-corrected chi connectivity index (χ2v) is 11.3. The molecule has 0 spiro atoms. The predicted molar refractivity (Wildman–Crippen MR) is 156 cm³/mol. The zero-order valence-electron chi connectivity index (χ0n) is 23.8. The van der Waals surface area contributed by atoms with E-state index < -0.39 is 12.1 Å². The fraction of sp³-hybridized carbons (Fsp3) is 0.333. The zero-order valence-corrected chi connectivity index (χ0v) is 23.8. The number of aryl methyl sites for hydroxylation is 1. The number of ether oxygens (including phenoxy) is 1. The molecule has 204 valence electrons. The maximum atomic E-state index is 13.2. The van der Waals surface area contributed by atoms with E-state index in [2.05, 4.69) is 62.7 Å². The van der Waals surface area contributed by atoms with Gasteiger partial charge in [-0.05, 0) is 85.7 Å². The van der Waals surface area contributed by atoms with E-state index in [1.807, 2.05) is 49.4 Å². The molecule has 1 heterocycles. The standard InChI is InChI=1S/C33H38N2O4/c1-20-22(3)35(19-24-10-8-13-28(16-24)39-23(4)32(37)38)30-15-14-26(18-29(20)30)31(36)34-21(2)25-11-9-12-27(17-25)33(5,6)7/h8-18,21,23H,19H2,1-7H3,(H,34,36)(H,37,38)/t21-,23?/m0/s1. The van der Waals surface area contributed by atoms with Gasteiger partial charge in [-0.2, -0.15) is 0 Å². The molecule has 0 aliphatic heterocycles. The average Bonchev–Trinajstić information content (AvgIpc) is 3.12. The van der Waals surface area contributed by atoms with Crippen molar-refractivity contribution in [2.24, 2.45) is 0 Å². The first kappa shape index (κ1) is 28.0. The molecule has 2 N–H and O–H groups in total. The second-order valence-electron chi connectivity index (χ2n) is 11.3. The Hall–Kier alpha value is -4.06. The van der Waals surface area contributed by atoms with Gasteiger partial charge in [0.15, 0.2) is 6.10 Å². The van der Waals surface area contributed by atoms with E-state index in [0.29, 0.717) is 17.9 Å². The number of carbonyl (C=O) groups excluding carboxylic acids is 1. The van der Waals surface area contributed by atoms with Crippen molar-refractivity contribution >= 4 is 22.8 Å². The van der Waals surface area contributed by atoms with Crippen LogP contribution >= 0.6 is 0 Å². The summed E-state index contributed by atoms with van der Waals surface area (Å²) in [5.74, 6) is -0.585. The summed E-state index contributed by atoms with van der Waals surface area (Å²) < 4.78 is 7.77. The molecule has 4 aromatic rings. The van der Waals surface area contributed by atoms with Gasteiger partial charge < -0.3 is 19.7 Å². The van der Waals surface area contributed by atoms with Crippen molar-refractivity contribution in [3.63, 3.8) is 0 Å². The van der Waals surface area contributed by atoms with Crippen molar-refractivity contribution < 1.29 is 19.4 Å². The highest BCUT2D eigenvalue weighted by Crippen LogP contribution is 2.29. The fourth-order valence-electron chi connectivity index (χ4n) is 4.79. The average molecular weight is 527 g/mol. The number of aromatic nitrogens is 1. The van der Waals surface area contributed by atoms with Crippen LogP contribution in [0.3, 0.4) is 0 Å². The minimum Gasteiger partial charge on any atom is -0.479 e. The SMILES string of the molecule is Cc1c(C)n(Cc2cccc(OC(C)C(=O)O)c2)c2ccc(C(=O)N[C@@H](C)c3cccc(C(C)(C)C)c3)cc12. The van der Waals surface area contributed by atoms with Crippen LogP contribution in [0.15, 0.2) is 66.7 Å². The van der Waals surface area contributed by atoms with Crippen LogP contribution in [0.5, 0.6) is 5.75 Å². The molecule has 3 aromatic carbocycles. The van der Waals surface area contributed by atoms with Crippen LogP contribution in [0.25, 0.3) is 10.9 Å². The van der Waals surface area contributed by atoms with Crippen LogP contribution in [-0.2, 0) is 16.8 Å². The van der Waals surface area contributed by atoms with Crippen LogP contribution in [0.2, 0.25) is 0 Å². The Morgan fingerprint density at radius 2 is 1.69 bits per heavy atom. The van der Waals surface area contributed by atoms with Gasteiger partial charge in [-0.1, -0.05) is 57.2 Å². The molecule has 4 rings (SSSR count). The molecule has 0 aliphatic carbocycles. The first-order chi connectivity index (χ1) is 18.3. The van der Waals surface area contributed by atoms with Crippen LogP contribution in [0.1, 0.15) is 79.0 Å². The number of hydrogen-bond acceptors (Lipinski definition) is 3. The molecule has 0 aliphatic rings.